The Morgan fingerprint density at radius 3 is 2.53 bits per heavy atom. The van der Waals surface area contributed by atoms with E-state index in [0.29, 0.717) is 0 Å². The summed E-state index contributed by atoms with van der Waals surface area (Å²) in [5, 5.41) is 0. The third-order valence-corrected chi connectivity index (χ3v) is 3.66. The summed E-state index contributed by atoms with van der Waals surface area (Å²) in [4.78, 5) is 16.4. The Morgan fingerprint density at radius 2 is 1.94 bits per heavy atom. The zero-order chi connectivity index (χ0) is 12.4. The number of carbonyl (C=O) groups excluding carboxylic acids is 1. The second-order valence-electron chi connectivity index (χ2n) is 4.67. The Kier molecular flexibility index (Phi) is 3.48. The molecule has 0 aromatic heterocycles. The maximum Gasteiger partial charge on any atom is 0.240 e. The van der Waals surface area contributed by atoms with Gasteiger partial charge in [0, 0.05) is 13.1 Å². The Balaban J connectivity index is 2.30. The molecule has 1 aromatic rings. The van der Waals surface area contributed by atoms with E-state index in [9.17, 15) is 4.79 Å². The van der Waals surface area contributed by atoms with Gasteiger partial charge < -0.3 is 4.90 Å². The molecule has 1 aliphatic heterocycles. The van der Waals surface area contributed by atoms with Crippen LogP contribution in [0.5, 0.6) is 0 Å². The van der Waals surface area contributed by atoms with Gasteiger partial charge in [0.2, 0.25) is 5.91 Å². The number of rotatable bonds is 2. The van der Waals surface area contributed by atoms with Gasteiger partial charge >= 0.3 is 0 Å². The van der Waals surface area contributed by atoms with Crippen molar-refractivity contribution in [1.82, 2.24) is 9.80 Å². The van der Waals surface area contributed by atoms with Gasteiger partial charge in [-0.15, -0.1) is 0 Å². The summed E-state index contributed by atoms with van der Waals surface area (Å²) in [5.74, 6) is 0.232. The lowest BCUT2D eigenvalue weighted by Gasteiger charge is -2.43. The number of amides is 1. The zero-order valence-corrected chi connectivity index (χ0v) is 10.8. The Morgan fingerprint density at radius 1 is 1.29 bits per heavy atom. The highest BCUT2D eigenvalue weighted by atomic mass is 16.2. The average molecular weight is 232 g/mol. The van der Waals surface area contributed by atoms with Gasteiger partial charge in [-0.05, 0) is 26.5 Å². The van der Waals surface area contributed by atoms with Crippen LogP contribution in [0.2, 0.25) is 0 Å². The van der Waals surface area contributed by atoms with E-state index >= 15 is 0 Å². The van der Waals surface area contributed by atoms with Gasteiger partial charge in [-0.1, -0.05) is 30.3 Å². The largest absolute Gasteiger partial charge is 0.333 e. The molecule has 0 saturated carbocycles. The van der Waals surface area contributed by atoms with Crippen molar-refractivity contribution in [2.75, 3.05) is 20.1 Å². The standard InChI is InChI=1S/C14H20N2O/c1-4-16-13(12-8-6-5-7-9-12)10-15(3)11(2)14(16)17/h5-9,11,13H,4,10H2,1-3H3. The predicted octanol–water partition coefficient (Wildman–Crippen LogP) is 1.91. The number of carbonyl (C=O) groups is 1. The van der Waals surface area contributed by atoms with Crippen LogP contribution in [0.4, 0.5) is 0 Å². The number of piperazine rings is 1. The molecule has 1 saturated heterocycles. The smallest absolute Gasteiger partial charge is 0.240 e. The highest BCUT2D eigenvalue weighted by Gasteiger charge is 2.35. The van der Waals surface area contributed by atoms with Crippen molar-refractivity contribution in [2.45, 2.75) is 25.9 Å². The van der Waals surface area contributed by atoms with Gasteiger partial charge in [-0.3, -0.25) is 9.69 Å². The van der Waals surface area contributed by atoms with E-state index in [1.165, 1.54) is 5.56 Å². The van der Waals surface area contributed by atoms with Crippen molar-refractivity contribution in [2.24, 2.45) is 0 Å². The SMILES string of the molecule is CCN1C(=O)C(C)N(C)CC1c1ccccc1. The first-order chi connectivity index (χ1) is 8.15. The minimum atomic E-state index is -0.00471. The highest BCUT2D eigenvalue weighted by molar-refractivity contribution is 5.82. The first-order valence-electron chi connectivity index (χ1n) is 6.20. The van der Waals surface area contributed by atoms with Crippen molar-refractivity contribution in [3.05, 3.63) is 35.9 Å². The number of nitrogens with zero attached hydrogens (tertiary/aromatic N) is 2. The first kappa shape index (κ1) is 12.1. The molecule has 2 atom stereocenters. The maximum atomic E-state index is 12.2. The molecule has 3 heteroatoms. The van der Waals surface area contributed by atoms with Gasteiger partial charge in [0.15, 0.2) is 0 Å². The van der Waals surface area contributed by atoms with Crippen molar-refractivity contribution < 1.29 is 4.79 Å². The molecule has 1 aromatic carbocycles. The summed E-state index contributed by atoms with van der Waals surface area (Å²) < 4.78 is 0. The molecule has 0 bridgehead atoms. The second-order valence-corrected chi connectivity index (χ2v) is 4.67. The van der Waals surface area contributed by atoms with Crippen LogP contribution in [0.25, 0.3) is 0 Å². The molecule has 2 rings (SSSR count). The Hall–Kier alpha value is -1.35. The molecule has 3 nitrogen and oxygen atoms in total. The van der Waals surface area contributed by atoms with Crippen LogP contribution in [0.15, 0.2) is 30.3 Å². The number of likely N-dealkylation sites (N-methyl/N-ethyl adjacent to an activating group) is 2. The fourth-order valence-electron chi connectivity index (χ4n) is 2.45. The fraction of sp³-hybridized carbons (Fsp3) is 0.500. The van der Waals surface area contributed by atoms with Crippen LogP contribution >= 0.6 is 0 Å². The lowest BCUT2D eigenvalue weighted by atomic mass is 10.00. The minimum absolute atomic E-state index is 0.00471. The molecule has 1 amide bonds. The summed E-state index contributed by atoms with van der Waals surface area (Å²) in [6, 6.07) is 10.5. The van der Waals surface area contributed by atoms with Crippen LogP contribution < -0.4 is 0 Å². The number of hydrogen-bond donors (Lipinski definition) is 0. The van der Waals surface area contributed by atoms with Crippen LogP contribution in [-0.4, -0.2) is 41.9 Å². The van der Waals surface area contributed by atoms with Crippen LogP contribution in [0.3, 0.4) is 0 Å². The molecule has 2 unspecified atom stereocenters. The van der Waals surface area contributed by atoms with Crippen molar-refractivity contribution >= 4 is 5.91 Å². The van der Waals surface area contributed by atoms with Gasteiger partial charge in [0.1, 0.15) is 0 Å². The van der Waals surface area contributed by atoms with Crippen LogP contribution in [0.1, 0.15) is 25.5 Å². The zero-order valence-electron chi connectivity index (χ0n) is 10.8. The van der Waals surface area contributed by atoms with Crippen molar-refractivity contribution in [3.8, 4) is 0 Å². The molecule has 1 aliphatic rings. The summed E-state index contributed by atoms with van der Waals surface area (Å²) in [6.07, 6.45) is 0. The minimum Gasteiger partial charge on any atom is -0.333 e. The lowest BCUT2D eigenvalue weighted by Crippen LogP contribution is -2.55. The quantitative estimate of drug-likeness (QED) is 0.777. The topological polar surface area (TPSA) is 23.6 Å². The molecular formula is C14H20N2O. The summed E-state index contributed by atoms with van der Waals surface area (Å²) >= 11 is 0. The summed E-state index contributed by atoms with van der Waals surface area (Å²) in [5.41, 5.74) is 1.22. The molecule has 1 fully saturated rings. The van der Waals surface area contributed by atoms with E-state index < -0.39 is 0 Å². The second kappa shape index (κ2) is 4.88. The van der Waals surface area contributed by atoms with E-state index in [4.69, 9.17) is 0 Å². The third kappa shape index (κ3) is 2.20. The predicted molar refractivity (Wildman–Crippen MR) is 68.7 cm³/mol. The molecule has 0 radical (unpaired) electrons. The van der Waals surface area contributed by atoms with E-state index in [1.54, 1.807) is 0 Å². The van der Waals surface area contributed by atoms with Gasteiger partial charge in [-0.2, -0.15) is 0 Å². The average Bonchev–Trinajstić information content (AvgIpc) is 2.36. The molecule has 0 N–H and O–H groups in total. The number of hydrogen-bond acceptors (Lipinski definition) is 2. The molecule has 17 heavy (non-hydrogen) atoms. The lowest BCUT2D eigenvalue weighted by molar-refractivity contribution is -0.144. The van der Waals surface area contributed by atoms with E-state index in [2.05, 4.69) is 17.0 Å². The number of benzene rings is 1. The third-order valence-electron chi connectivity index (χ3n) is 3.66. The maximum absolute atomic E-state index is 12.2. The van der Waals surface area contributed by atoms with Crippen LogP contribution in [0, 0.1) is 0 Å². The molecule has 1 heterocycles. The van der Waals surface area contributed by atoms with Crippen molar-refractivity contribution in [3.63, 3.8) is 0 Å². The van der Waals surface area contributed by atoms with E-state index in [-0.39, 0.29) is 18.0 Å². The van der Waals surface area contributed by atoms with Gasteiger partial charge in [-0.25, -0.2) is 0 Å². The monoisotopic (exact) mass is 232 g/mol. The van der Waals surface area contributed by atoms with E-state index in [0.717, 1.165) is 13.1 Å². The Bertz CT molecular complexity index is 390. The van der Waals surface area contributed by atoms with Gasteiger partial charge in [0.05, 0.1) is 12.1 Å². The van der Waals surface area contributed by atoms with E-state index in [1.807, 2.05) is 44.0 Å². The Labute approximate surface area is 103 Å². The fourth-order valence-corrected chi connectivity index (χ4v) is 2.45. The summed E-state index contributed by atoms with van der Waals surface area (Å²) in [6.45, 7) is 5.71. The summed E-state index contributed by atoms with van der Waals surface area (Å²) in [7, 11) is 2.02. The molecule has 0 aliphatic carbocycles. The molecular weight excluding hydrogens is 212 g/mol. The highest BCUT2D eigenvalue weighted by Crippen LogP contribution is 2.27. The van der Waals surface area contributed by atoms with Gasteiger partial charge in [0.25, 0.3) is 0 Å². The first-order valence-corrected chi connectivity index (χ1v) is 6.20. The molecule has 92 valence electrons. The normalized spacial score (nSPS) is 26.3. The molecule has 0 spiro atoms. The van der Waals surface area contributed by atoms with Crippen molar-refractivity contribution in [1.29, 1.82) is 0 Å². The van der Waals surface area contributed by atoms with Crippen LogP contribution in [-0.2, 0) is 4.79 Å².